The van der Waals surface area contributed by atoms with Gasteiger partial charge in [0.25, 0.3) is 0 Å². The number of aromatic amines is 1. The minimum Gasteiger partial charge on any atom is -0.449 e. The highest BCUT2D eigenvalue weighted by Gasteiger charge is 2.17. The first-order valence-electron chi connectivity index (χ1n) is 5.92. The van der Waals surface area contributed by atoms with E-state index in [9.17, 15) is 14.4 Å². The summed E-state index contributed by atoms with van der Waals surface area (Å²) in [4.78, 5) is 33.8. The van der Waals surface area contributed by atoms with Crippen molar-refractivity contribution in [1.82, 2.24) is 15.5 Å². The van der Waals surface area contributed by atoms with E-state index in [0.717, 1.165) is 19.3 Å². The lowest BCUT2D eigenvalue weighted by molar-refractivity contribution is -0.135. The van der Waals surface area contributed by atoms with Gasteiger partial charge in [0.2, 0.25) is 0 Å². The van der Waals surface area contributed by atoms with Crippen LogP contribution in [0.1, 0.15) is 26.2 Å². The van der Waals surface area contributed by atoms with E-state index in [0.29, 0.717) is 0 Å². The number of aromatic nitrogens is 2. The molecule has 0 bridgehead atoms. The average Bonchev–Trinajstić information content (AvgIpc) is 2.87. The van der Waals surface area contributed by atoms with Crippen molar-refractivity contribution < 1.29 is 19.1 Å². The number of unbranched alkanes of at least 4 members (excludes halogenated alkanes) is 2. The molecule has 0 atom stereocenters. The number of anilines is 1. The van der Waals surface area contributed by atoms with Crippen molar-refractivity contribution in [2.75, 3.05) is 11.9 Å². The van der Waals surface area contributed by atoms with Crippen molar-refractivity contribution in [3.63, 3.8) is 0 Å². The Morgan fingerprint density at radius 1 is 1.32 bits per heavy atom. The van der Waals surface area contributed by atoms with Gasteiger partial charge < -0.3 is 10.1 Å². The molecule has 1 rings (SSSR count). The molecule has 0 saturated heterocycles. The predicted molar refractivity (Wildman–Crippen MR) is 66.2 cm³/mol. The Labute approximate surface area is 109 Å². The van der Waals surface area contributed by atoms with Crippen LogP contribution in [-0.4, -0.2) is 34.7 Å². The van der Waals surface area contributed by atoms with E-state index >= 15 is 0 Å². The van der Waals surface area contributed by atoms with Crippen LogP contribution in [0.15, 0.2) is 12.3 Å². The summed E-state index contributed by atoms with van der Waals surface area (Å²) in [5.41, 5.74) is 0. The molecule has 0 aliphatic carbocycles. The fourth-order valence-corrected chi connectivity index (χ4v) is 1.21. The van der Waals surface area contributed by atoms with Crippen molar-refractivity contribution in [2.24, 2.45) is 0 Å². The summed E-state index contributed by atoms with van der Waals surface area (Å²) in [6.45, 7) is 2.23. The monoisotopic (exact) mass is 268 g/mol. The van der Waals surface area contributed by atoms with Crippen molar-refractivity contribution in [3.05, 3.63) is 12.3 Å². The molecule has 0 radical (unpaired) electrons. The number of alkyl carbamates (subject to hydrolysis) is 1. The molecule has 3 amide bonds. The zero-order chi connectivity index (χ0) is 14.1. The quantitative estimate of drug-likeness (QED) is 0.539. The predicted octanol–water partition coefficient (Wildman–Crippen LogP) is 0.791. The molecule has 1 aromatic heterocycles. The van der Waals surface area contributed by atoms with Gasteiger partial charge in [0.1, 0.15) is 5.82 Å². The molecular weight excluding hydrogens is 252 g/mol. The van der Waals surface area contributed by atoms with Gasteiger partial charge in [-0.05, 0) is 6.42 Å². The number of rotatable bonds is 5. The highest BCUT2D eigenvalue weighted by molar-refractivity contribution is 6.41. The molecular formula is C11H16N4O4. The van der Waals surface area contributed by atoms with Crippen LogP contribution < -0.4 is 10.6 Å². The Morgan fingerprint density at radius 3 is 2.74 bits per heavy atom. The van der Waals surface area contributed by atoms with E-state index in [4.69, 9.17) is 4.74 Å². The summed E-state index contributed by atoms with van der Waals surface area (Å²) in [6.07, 6.45) is 3.13. The molecule has 8 nitrogen and oxygen atoms in total. The van der Waals surface area contributed by atoms with Gasteiger partial charge in [-0.25, -0.2) is 4.79 Å². The third kappa shape index (κ3) is 5.66. The summed E-state index contributed by atoms with van der Waals surface area (Å²) in [6, 6.07) is 1.47. The van der Waals surface area contributed by atoms with Gasteiger partial charge in [-0.3, -0.25) is 20.0 Å². The minimum absolute atomic E-state index is 0.217. The van der Waals surface area contributed by atoms with Gasteiger partial charge >= 0.3 is 17.9 Å². The molecule has 3 N–H and O–H groups in total. The fraction of sp³-hybridized carbons (Fsp3) is 0.455. The lowest BCUT2D eigenvalue weighted by atomic mass is 10.3. The molecule has 0 aliphatic heterocycles. The van der Waals surface area contributed by atoms with E-state index in [-0.39, 0.29) is 12.4 Å². The topological polar surface area (TPSA) is 113 Å². The molecule has 0 aliphatic rings. The Balaban J connectivity index is 2.25. The van der Waals surface area contributed by atoms with Gasteiger partial charge in [0, 0.05) is 6.07 Å². The van der Waals surface area contributed by atoms with Crippen LogP contribution in [0.3, 0.4) is 0 Å². The average molecular weight is 268 g/mol. The third-order valence-electron chi connectivity index (χ3n) is 2.15. The largest absolute Gasteiger partial charge is 0.449 e. The molecule has 0 unspecified atom stereocenters. The van der Waals surface area contributed by atoms with Crippen LogP contribution in [0, 0.1) is 0 Å². The first-order valence-corrected chi connectivity index (χ1v) is 5.92. The highest BCUT2D eigenvalue weighted by Crippen LogP contribution is 1.98. The summed E-state index contributed by atoms with van der Waals surface area (Å²) in [5.74, 6) is -1.80. The first kappa shape index (κ1) is 14.7. The summed E-state index contributed by atoms with van der Waals surface area (Å²) >= 11 is 0. The summed E-state index contributed by atoms with van der Waals surface area (Å²) in [7, 11) is 0. The number of carbonyl (C=O) groups excluding carboxylic acids is 3. The van der Waals surface area contributed by atoms with Gasteiger partial charge in [0.15, 0.2) is 0 Å². The number of hydrogen-bond donors (Lipinski definition) is 3. The van der Waals surface area contributed by atoms with Crippen LogP contribution in [0.25, 0.3) is 0 Å². The number of hydrogen-bond acceptors (Lipinski definition) is 5. The fourth-order valence-electron chi connectivity index (χ4n) is 1.21. The Kier molecular flexibility index (Phi) is 6.07. The molecule has 0 saturated carbocycles. The maximum Gasteiger partial charge on any atom is 0.414 e. The number of amides is 3. The van der Waals surface area contributed by atoms with Crippen molar-refractivity contribution in [3.8, 4) is 0 Å². The van der Waals surface area contributed by atoms with E-state index < -0.39 is 17.9 Å². The lowest BCUT2D eigenvalue weighted by Gasteiger charge is -2.05. The number of imide groups is 1. The smallest absolute Gasteiger partial charge is 0.414 e. The zero-order valence-corrected chi connectivity index (χ0v) is 10.6. The summed E-state index contributed by atoms with van der Waals surface area (Å²) in [5, 5.41) is 10.1. The number of H-pyrrole nitrogens is 1. The van der Waals surface area contributed by atoms with E-state index in [1.54, 1.807) is 0 Å². The van der Waals surface area contributed by atoms with E-state index in [1.165, 1.54) is 12.3 Å². The van der Waals surface area contributed by atoms with Crippen LogP contribution >= 0.6 is 0 Å². The Morgan fingerprint density at radius 2 is 2.11 bits per heavy atom. The molecule has 1 aromatic rings. The first-order chi connectivity index (χ1) is 9.13. The van der Waals surface area contributed by atoms with Crippen LogP contribution in [0.4, 0.5) is 10.6 Å². The molecule has 104 valence electrons. The summed E-state index contributed by atoms with van der Waals surface area (Å²) < 4.78 is 4.73. The number of ether oxygens (including phenoxy) is 1. The number of nitrogens with zero attached hydrogens (tertiary/aromatic N) is 1. The van der Waals surface area contributed by atoms with Crippen molar-refractivity contribution >= 4 is 23.7 Å². The maximum absolute atomic E-state index is 11.3. The van der Waals surface area contributed by atoms with E-state index in [2.05, 4.69) is 15.5 Å². The van der Waals surface area contributed by atoms with Crippen LogP contribution in [0.5, 0.6) is 0 Å². The molecule has 1 heterocycles. The minimum atomic E-state index is -1.09. The zero-order valence-electron chi connectivity index (χ0n) is 10.6. The third-order valence-corrected chi connectivity index (χ3v) is 2.15. The van der Waals surface area contributed by atoms with Gasteiger partial charge in [-0.2, -0.15) is 5.10 Å². The Hall–Kier alpha value is -2.38. The lowest BCUT2D eigenvalue weighted by Crippen LogP contribution is -2.39. The second-order valence-corrected chi connectivity index (χ2v) is 3.72. The Bertz CT molecular complexity index is 430. The standard InChI is InChI=1S/C11H16N4O4/c1-2-3-4-7-19-11(18)14-10(17)9(16)13-8-5-6-12-15-8/h5-6H,2-4,7H2,1H3,(H,14,17,18)(H2,12,13,15,16). The molecule has 0 spiro atoms. The molecule has 0 fully saturated rings. The molecule has 0 aromatic carbocycles. The second-order valence-electron chi connectivity index (χ2n) is 3.72. The van der Waals surface area contributed by atoms with Crippen molar-refractivity contribution in [1.29, 1.82) is 0 Å². The number of nitrogens with one attached hydrogen (secondary N) is 3. The normalized spacial score (nSPS) is 9.74. The SMILES string of the molecule is CCCCCOC(=O)NC(=O)C(=O)Nc1ccn[nH]1. The van der Waals surface area contributed by atoms with Gasteiger partial charge in [-0.15, -0.1) is 0 Å². The highest BCUT2D eigenvalue weighted by atomic mass is 16.5. The van der Waals surface area contributed by atoms with Crippen LogP contribution in [-0.2, 0) is 14.3 Å². The van der Waals surface area contributed by atoms with Crippen LogP contribution in [0.2, 0.25) is 0 Å². The maximum atomic E-state index is 11.3. The van der Waals surface area contributed by atoms with Gasteiger partial charge in [-0.1, -0.05) is 19.8 Å². The molecule has 19 heavy (non-hydrogen) atoms. The number of carbonyl (C=O) groups is 3. The second kappa shape index (κ2) is 7.85. The van der Waals surface area contributed by atoms with E-state index in [1.807, 2.05) is 12.2 Å². The molecule has 8 heteroatoms. The van der Waals surface area contributed by atoms with Gasteiger partial charge in [0.05, 0.1) is 12.8 Å². The van der Waals surface area contributed by atoms with Crippen molar-refractivity contribution in [2.45, 2.75) is 26.2 Å².